The van der Waals surface area contributed by atoms with Crippen molar-refractivity contribution in [3.63, 3.8) is 0 Å². The van der Waals surface area contributed by atoms with Crippen molar-refractivity contribution >= 4 is 28.6 Å². The van der Waals surface area contributed by atoms with Gasteiger partial charge in [-0.1, -0.05) is 0 Å². The topological polar surface area (TPSA) is 138 Å². The third-order valence-electron chi connectivity index (χ3n) is 5.85. The molecular formula is C25H23N5O6. The van der Waals surface area contributed by atoms with Gasteiger partial charge >= 0.3 is 11.7 Å². The summed E-state index contributed by atoms with van der Waals surface area (Å²) in [6.07, 6.45) is 0.950. The SMILES string of the molecule is CCOC(=O)Nc1ccc2c(CN3CCN(c4oc(-c5ccco5)nc4C#N)CC3)cc(=O)oc2c1. The molecule has 1 amide bonds. The smallest absolute Gasteiger partial charge is 0.411 e. The van der Waals surface area contributed by atoms with Gasteiger partial charge in [-0.3, -0.25) is 10.2 Å². The van der Waals surface area contributed by atoms with Gasteiger partial charge < -0.3 is 22.9 Å². The monoisotopic (exact) mass is 489 g/mol. The van der Waals surface area contributed by atoms with Crippen LogP contribution >= 0.6 is 0 Å². The number of hydrogen-bond donors (Lipinski definition) is 1. The highest BCUT2D eigenvalue weighted by Gasteiger charge is 2.25. The normalized spacial score (nSPS) is 14.1. The van der Waals surface area contributed by atoms with Crippen molar-refractivity contribution in [2.45, 2.75) is 13.5 Å². The number of furan rings is 1. The lowest BCUT2D eigenvalue weighted by Crippen LogP contribution is -2.46. The number of hydrogen-bond acceptors (Lipinski definition) is 10. The van der Waals surface area contributed by atoms with Gasteiger partial charge in [-0.2, -0.15) is 10.2 Å². The summed E-state index contributed by atoms with van der Waals surface area (Å²) in [5.41, 5.74) is 1.44. The molecule has 36 heavy (non-hydrogen) atoms. The summed E-state index contributed by atoms with van der Waals surface area (Å²) in [5, 5.41) is 12.9. The molecule has 1 saturated heterocycles. The first-order valence-electron chi connectivity index (χ1n) is 11.5. The maximum atomic E-state index is 12.2. The van der Waals surface area contributed by atoms with Crippen molar-refractivity contribution in [3.8, 4) is 17.7 Å². The second-order valence-electron chi connectivity index (χ2n) is 8.17. The van der Waals surface area contributed by atoms with Crippen LogP contribution in [-0.4, -0.2) is 48.8 Å². The molecule has 0 saturated carbocycles. The Morgan fingerprint density at radius 2 is 2.03 bits per heavy atom. The van der Waals surface area contributed by atoms with E-state index < -0.39 is 11.7 Å². The minimum absolute atomic E-state index is 0.216. The van der Waals surface area contributed by atoms with E-state index in [9.17, 15) is 14.9 Å². The number of aromatic nitrogens is 1. The maximum absolute atomic E-state index is 12.2. The van der Waals surface area contributed by atoms with Gasteiger partial charge in [-0.25, -0.2) is 9.59 Å². The first-order chi connectivity index (χ1) is 17.5. The summed E-state index contributed by atoms with van der Waals surface area (Å²) in [4.78, 5) is 32.4. The van der Waals surface area contributed by atoms with Crippen LogP contribution in [0.3, 0.4) is 0 Å². The summed E-state index contributed by atoms with van der Waals surface area (Å²) in [7, 11) is 0. The van der Waals surface area contributed by atoms with E-state index in [2.05, 4.69) is 21.3 Å². The number of oxazole rings is 1. The molecule has 1 aliphatic heterocycles. The zero-order valence-corrected chi connectivity index (χ0v) is 19.5. The first kappa shape index (κ1) is 23.2. The highest BCUT2D eigenvalue weighted by molar-refractivity contribution is 5.90. The molecule has 11 heteroatoms. The van der Waals surface area contributed by atoms with Crippen molar-refractivity contribution < 1.29 is 22.8 Å². The molecule has 11 nitrogen and oxygen atoms in total. The van der Waals surface area contributed by atoms with Crippen LogP contribution in [0.25, 0.3) is 22.6 Å². The second-order valence-corrected chi connectivity index (χ2v) is 8.17. The molecule has 0 bridgehead atoms. The number of anilines is 2. The standard InChI is InChI=1S/C25H23N5O6/c1-2-33-25(32)27-17-5-6-18-16(12-22(31)35-21(18)13-17)15-29-7-9-30(10-8-29)24-19(14-26)28-23(36-24)20-4-3-11-34-20/h3-6,11-13H,2,7-10,15H2,1H3,(H,27,32). The molecule has 1 aromatic carbocycles. The van der Waals surface area contributed by atoms with Gasteiger partial charge in [-0.15, -0.1) is 0 Å². The van der Waals surface area contributed by atoms with Crippen molar-refractivity contribution in [1.82, 2.24) is 9.88 Å². The highest BCUT2D eigenvalue weighted by Crippen LogP contribution is 2.29. The summed E-state index contributed by atoms with van der Waals surface area (Å²) in [6.45, 7) is 5.13. The Balaban J connectivity index is 1.29. The lowest BCUT2D eigenvalue weighted by molar-refractivity contribution is 0.168. The van der Waals surface area contributed by atoms with E-state index in [1.54, 1.807) is 31.2 Å². The van der Waals surface area contributed by atoms with Crippen LogP contribution in [0.15, 0.2) is 60.7 Å². The number of carbonyl (C=O) groups excluding carboxylic acids is 1. The predicted molar refractivity (Wildman–Crippen MR) is 130 cm³/mol. The number of fused-ring (bicyclic) bond motifs is 1. The summed E-state index contributed by atoms with van der Waals surface area (Å²) in [5.74, 6) is 1.16. The molecule has 0 radical (unpaired) electrons. The number of carbonyl (C=O) groups is 1. The van der Waals surface area contributed by atoms with Gasteiger partial charge in [0.25, 0.3) is 5.89 Å². The van der Waals surface area contributed by atoms with E-state index in [1.165, 1.54) is 12.3 Å². The summed E-state index contributed by atoms with van der Waals surface area (Å²) < 4.78 is 21.5. The summed E-state index contributed by atoms with van der Waals surface area (Å²) >= 11 is 0. The number of nitrogens with one attached hydrogen (secondary N) is 1. The van der Waals surface area contributed by atoms with E-state index in [4.69, 9.17) is 18.0 Å². The molecule has 0 aliphatic carbocycles. The molecular weight excluding hydrogens is 466 g/mol. The fourth-order valence-electron chi connectivity index (χ4n) is 4.18. The predicted octanol–water partition coefficient (Wildman–Crippen LogP) is 3.80. The van der Waals surface area contributed by atoms with Gasteiger partial charge in [0.05, 0.1) is 12.9 Å². The van der Waals surface area contributed by atoms with Crippen molar-refractivity contribution in [1.29, 1.82) is 5.26 Å². The van der Waals surface area contributed by atoms with Crippen molar-refractivity contribution in [2.24, 2.45) is 0 Å². The number of piperazine rings is 1. The van der Waals surface area contributed by atoms with Crippen molar-refractivity contribution in [3.05, 3.63) is 64.3 Å². The van der Waals surface area contributed by atoms with Gasteiger partial charge in [0.1, 0.15) is 11.7 Å². The Hall–Kier alpha value is -4.56. The fourth-order valence-corrected chi connectivity index (χ4v) is 4.18. The zero-order chi connectivity index (χ0) is 25.1. The van der Waals surface area contributed by atoms with E-state index in [0.717, 1.165) is 10.9 Å². The van der Waals surface area contributed by atoms with Crippen LogP contribution < -0.4 is 15.8 Å². The Morgan fingerprint density at radius 3 is 2.75 bits per heavy atom. The van der Waals surface area contributed by atoms with Gasteiger partial charge in [-0.05, 0) is 36.8 Å². The molecule has 4 aromatic rings. The molecule has 1 N–H and O–H groups in total. The first-order valence-corrected chi connectivity index (χ1v) is 11.5. The molecule has 5 rings (SSSR count). The quantitative estimate of drug-likeness (QED) is 0.398. The minimum atomic E-state index is -0.573. The Bertz CT molecular complexity index is 1480. The number of ether oxygens (including phenoxy) is 1. The number of nitrogens with zero attached hydrogens (tertiary/aromatic N) is 4. The molecule has 3 aromatic heterocycles. The average Bonchev–Trinajstić information content (AvgIpc) is 3.54. The summed E-state index contributed by atoms with van der Waals surface area (Å²) in [6, 6.07) is 12.2. The van der Waals surface area contributed by atoms with E-state index in [0.29, 0.717) is 55.6 Å². The number of rotatable bonds is 6. The number of benzene rings is 1. The largest absolute Gasteiger partial charge is 0.459 e. The van der Waals surface area contributed by atoms with Crippen molar-refractivity contribution in [2.75, 3.05) is 43.0 Å². The Kier molecular flexibility index (Phi) is 6.42. The third kappa shape index (κ3) is 4.80. The van der Waals surface area contributed by atoms with Crippen LogP contribution in [0.5, 0.6) is 0 Å². The van der Waals surface area contributed by atoms with Crippen LogP contribution in [0.4, 0.5) is 16.4 Å². The molecule has 1 aliphatic rings. The maximum Gasteiger partial charge on any atom is 0.411 e. The van der Waals surface area contributed by atoms with Gasteiger partial charge in [0, 0.05) is 55.9 Å². The minimum Gasteiger partial charge on any atom is -0.459 e. The van der Waals surface area contributed by atoms with Crippen LogP contribution in [0.1, 0.15) is 18.2 Å². The highest BCUT2D eigenvalue weighted by atomic mass is 16.5. The Morgan fingerprint density at radius 1 is 1.19 bits per heavy atom. The molecule has 184 valence electrons. The van der Waals surface area contributed by atoms with E-state index >= 15 is 0 Å². The molecule has 0 unspecified atom stereocenters. The van der Waals surface area contributed by atoms with Gasteiger partial charge in [0.2, 0.25) is 11.6 Å². The number of amides is 1. The van der Waals surface area contributed by atoms with Crippen LogP contribution in [0.2, 0.25) is 0 Å². The second kappa shape index (κ2) is 9.97. The molecule has 0 atom stereocenters. The van der Waals surface area contributed by atoms with E-state index in [-0.39, 0.29) is 18.2 Å². The number of nitriles is 1. The zero-order valence-electron chi connectivity index (χ0n) is 19.5. The molecule has 1 fully saturated rings. The lowest BCUT2D eigenvalue weighted by atomic mass is 10.1. The third-order valence-corrected chi connectivity index (χ3v) is 5.85. The van der Waals surface area contributed by atoms with Gasteiger partial charge in [0.15, 0.2) is 5.76 Å². The molecule has 0 spiro atoms. The van der Waals surface area contributed by atoms with E-state index in [1.807, 2.05) is 11.0 Å². The Labute approximate surface area is 205 Å². The molecule has 4 heterocycles. The fraction of sp³-hybridized carbons (Fsp3) is 0.280. The average molecular weight is 489 g/mol. The lowest BCUT2D eigenvalue weighted by Gasteiger charge is -2.34. The van der Waals surface area contributed by atoms with Crippen LogP contribution in [-0.2, 0) is 11.3 Å². The van der Waals surface area contributed by atoms with Crippen LogP contribution in [0, 0.1) is 11.3 Å².